The number of hydrogen-bond donors (Lipinski definition) is 2. The molecule has 2 heterocycles. The number of amides is 1. The monoisotopic (exact) mass is 484 g/mol. The number of rotatable bonds is 4. The number of carbonyl (C=O) groups excluding carboxylic acids is 1. The van der Waals surface area contributed by atoms with E-state index in [4.69, 9.17) is 0 Å². The number of aromatic hydroxyl groups is 1. The predicted octanol–water partition coefficient (Wildman–Crippen LogP) is 1.21. The Morgan fingerprint density at radius 2 is 2.04 bits per heavy atom. The summed E-state index contributed by atoms with van der Waals surface area (Å²) in [5.41, 5.74) is 1.95. The number of carbonyl (C=O) groups is 1. The number of anilines is 1. The molecule has 0 spiro atoms. The van der Waals surface area contributed by atoms with E-state index in [1.807, 2.05) is 30.3 Å². The Morgan fingerprint density at radius 1 is 1.30 bits per heavy atom. The first-order chi connectivity index (χ1) is 12.6. The highest BCUT2D eigenvalue weighted by molar-refractivity contribution is 14.0. The van der Waals surface area contributed by atoms with E-state index < -0.39 is 0 Å². The van der Waals surface area contributed by atoms with Crippen molar-refractivity contribution in [3.8, 4) is 5.75 Å². The van der Waals surface area contributed by atoms with Gasteiger partial charge < -0.3 is 20.2 Å². The van der Waals surface area contributed by atoms with E-state index in [0.29, 0.717) is 19.6 Å². The van der Waals surface area contributed by atoms with Gasteiger partial charge in [0.05, 0.1) is 11.9 Å². The minimum absolute atomic E-state index is 0. The Hall–Kier alpha value is -2.30. The molecular weight excluding hydrogens is 459 g/mol. The molecule has 1 saturated heterocycles. The van der Waals surface area contributed by atoms with Crippen LogP contribution in [0.25, 0.3) is 0 Å². The molecule has 0 saturated carbocycles. The molecule has 8 nitrogen and oxygen atoms in total. The van der Waals surface area contributed by atoms with Crippen LogP contribution in [-0.2, 0) is 18.3 Å². The number of halogens is 1. The molecule has 1 aliphatic rings. The third kappa shape index (κ3) is 5.34. The fraction of sp³-hybridized carbons (Fsp3) is 0.389. The number of nitrogens with zero attached hydrogens (tertiary/aromatic N) is 5. The maximum Gasteiger partial charge on any atom is 0.246 e. The SMILES string of the molecule is CN=C(NCCc1ccc(O)cc1)N1CCN(c2cnn(C)c2)C(=O)C1.I. The van der Waals surface area contributed by atoms with Gasteiger partial charge in [0.15, 0.2) is 5.96 Å². The third-order valence-electron chi connectivity index (χ3n) is 4.37. The standard InChI is InChI=1S/C18H24N6O2.HI/c1-19-18(20-8-7-14-3-5-16(25)6-4-14)23-9-10-24(17(26)13-23)15-11-21-22(2)12-15;/h3-6,11-12,25H,7-10,13H2,1-2H3,(H,19,20);1H. The average Bonchev–Trinajstić information content (AvgIpc) is 3.06. The Bertz CT molecular complexity index is 789. The Labute approximate surface area is 175 Å². The minimum atomic E-state index is 0. The molecule has 1 aliphatic heterocycles. The first kappa shape index (κ1) is 21.0. The topological polar surface area (TPSA) is 86.0 Å². The molecule has 1 aromatic carbocycles. The van der Waals surface area contributed by atoms with Crippen molar-refractivity contribution < 1.29 is 9.90 Å². The van der Waals surface area contributed by atoms with Crippen molar-refractivity contribution in [2.24, 2.45) is 12.0 Å². The van der Waals surface area contributed by atoms with Crippen LogP contribution in [0, 0.1) is 0 Å². The van der Waals surface area contributed by atoms with Gasteiger partial charge in [-0.3, -0.25) is 14.5 Å². The van der Waals surface area contributed by atoms with Gasteiger partial charge in [-0.05, 0) is 24.1 Å². The zero-order chi connectivity index (χ0) is 18.5. The third-order valence-corrected chi connectivity index (χ3v) is 4.37. The molecule has 0 bridgehead atoms. The number of benzene rings is 1. The fourth-order valence-electron chi connectivity index (χ4n) is 2.99. The zero-order valence-electron chi connectivity index (χ0n) is 15.5. The number of hydrogen-bond acceptors (Lipinski definition) is 4. The van der Waals surface area contributed by atoms with Gasteiger partial charge in [-0.1, -0.05) is 12.1 Å². The largest absolute Gasteiger partial charge is 0.508 e. The van der Waals surface area contributed by atoms with Gasteiger partial charge in [-0.25, -0.2) is 0 Å². The molecule has 2 N–H and O–H groups in total. The summed E-state index contributed by atoms with van der Waals surface area (Å²) >= 11 is 0. The lowest BCUT2D eigenvalue weighted by Crippen LogP contribution is -2.55. The smallest absolute Gasteiger partial charge is 0.246 e. The molecule has 146 valence electrons. The number of aliphatic imine (C=N–C) groups is 1. The van der Waals surface area contributed by atoms with Crippen LogP contribution in [0.1, 0.15) is 5.56 Å². The normalized spacial score (nSPS) is 14.9. The molecule has 27 heavy (non-hydrogen) atoms. The highest BCUT2D eigenvalue weighted by atomic mass is 127. The summed E-state index contributed by atoms with van der Waals surface area (Å²) in [7, 11) is 3.56. The average molecular weight is 484 g/mol. The molecule has 3 rings (SSSR count). The van der Waals surface area contributed by atoms with Crippen molar-refractivity contribution >= 4 is 41.5 Å². The summed E-state index contributed by atoms with van der Waals surface area (Å²) in [5, 5.41) is 16.8. The van der Waals surface area contributed by atoms with Crippen LogP contribution in [0.5, 0.6) is 5.75 Å². The molecule has 0 unspecified atom stereocenters. The van der Waals surface area contributed by atoms with Crippen LogP contribution in [0.4, 0.5) is 5.69 Å². The first-order valence-corrected chi connectivity index (χ1v) is 8.59. The van der Waals surface area contributed by atoms with E-state index in [2.05, 4.69) is 15.4 Å². The van der Waals surface area contributed by atoms with Crippen LogP contribution in [0.15, 0.2) is 41.7 Å². The first-order valence-electron chi connectivity index (χ1n) is 8.59. The van der Waals surface area contributed by atoms with Gasteiger partial charge in [-0.15, -0.1) is 24.0 Å². The van der Waals surface area contributed by atoms with E-state index >= 15 is 0 Å². The number of phenolic OH excluding ortho intramolecular Hbond substituents is 1. The number of piperazine rings is 1. The summed E-state index contributed by atoms with van der Waals surface area (Å²) in [6.07, 6.45) is 4.36. The Kier molecular flexibility index (Phi) is 7.45. The quantitative estimate of drug-likeness (QED) is 0.387. The lowest BCUT2D eigenvalue weighted by molar-refractivity contribution is -0.120. The second-order valence-electron chi connectivity index (χ2n) is 6.23. The molecule has 1 aromatic heterocycles. The van der Waals surface area contributed by atoms with Gasteiger partial charge in [0.25, 0.3) is 0 Å². The lowest BCUT2D eigenvalue weighted by atomic mass is 10.1. The van der Waals surface area contributed by atoms with Crippen LogP contribution in [0.3, 0.4) is 0 Å². The van der Waals surface area contributed by atoms with E-state index in [1.165, 1.54) is 0 Å². The number of nitrogens with one attached hydrogen (secondary N) is 1. The van der Waals surface area contributed by atoms with Crippen molar-refractivity contribution in [1.29, 1.82) is 0 Å². The lowest BCUT2D eigenvalue weighted by Gasteiger charge is -2.35. The molecule has 1 amide bonds. The molecule has 0 aliphatic carbocycles. The van der Waals surface area contributed by atoms with E-state index in [1.54, 1.807) is 35.0 Å². The highest BCUT2D eigenvalue weighted by Gasteiger charge is 2.27. The number of aromatic nitrogens is 2. The maximum absolute atomic E-state index is 12.5. The van der Waals surface area contributed by atoms with E-state index in [9.17, 15) is 9.90 Å². The Morgan fingerprint density at radius 3 is 2.63 bits per heavy atom. The molecule has 1 fully saturated rings. The number of aryl methyl sites for hydroxylation is 1. The number of phenols is 1. The zero-order valence-corrected chi connectivity index (χ0v) is 17.8. The summed E-state index contributed by atoms with van der Waals surface area (Å²) in [6.45, 7) is 2.30. The van der Waals surface area contributed by atoms with E-state index in [0.717, 1.165) is 23.6 Å². The maximum atomic E-state index is 12.5. The van der Waals surface area contributed by atoms with Gasteiger partial charge in [-0.2, -0.15) is 5.10 Å². The second kappa shape index (κ2) is 9.58. The Balaban J connectivity index is 0.00000261. The van der Waals surface area contributed by atoms with Gasteiger partial charge in [0.2, 0.25) is 5.91 Å². The predicted molar refractivity (Wildman–Crippen MR) is 116 cm³/mol. The van der Waals surface area contributed by atoms with Crippen molar-refractivity contribution in [3.63, 3.8) is 0 Å². The molecule has 9 heteroatoms. The van der Waals surface area contributed by atoms with Gasteiger partial charge in [0, 0.05) is 39.9 Å². The van der Waals surface area contributed by atoms with Gasteiger partial charge >= 0.3 is 0 Å². The van der Waals surface area contributed by atoms with Crippen molar-refractivity contribution in [3.05, 3.63) is 42.2 Å². The summed E-state index contributed by atoms with van der Waals surface area (Å²) in [5.74, 6) is 1.02. The van der Waals surface area contributed by atoms with Crippen LogP contribution < -0.4 is 10.2 Å². The van der Waals surface area contributed by atoms with Crippen LogP contribution in [0.2, 0.25) is 0 Å². The highest BCUT2D eigenvalue weighted by Crippen LogP contribution is 2.16. The second-order valence-corrected chi connectivity index (χ2v) is 6.23. The van der Waals surface area contributed by atoms with Crippen molar-refractivity contribution in [2.75, 3.05) is 38.1 Å². The minimum Gasteiger partial charge on any atom is -0.508 e. The summed E-state index contributed by atoms with van der Waals surface area (Å²) < 4.78 is 1.69. The molecular formula is C18H25IN6O2. The summed E-state index contributed by atoms with van der Waals surface area (Å²) in [6, 6.07) is 7.16. The molecule has 0 radical (unpaired) electrons. The van der Waals surface area contributed by atoms with Gasteiger partial charge in [0.1, 0.15) is 12.3 Å². The summed E-state index contributed by atoms with van der Waals surface area (Å²) in [4.78, 5) is 20.5. The van der Waals surface area contributed by atoms with Crippen LogP contribution in [-0.4, -0.2) is 64.9 Å². The molecule has 2 aromatic rings. The van der Waals surface area contributed by atoms with E-state index in [-0.39, 0.29) is 42.2 Å². The fourth-order valence-corrected chi connectivity index (χ4v) is 2.99. The van der Waals surface area contributed by atoms with Crippen LogP contribution >= 0.6 is 24.0 Å². The number of guanidine groups is 1. The molecule has 0 atom stereocenters. The van der Waals surface area contributed by atoms with Crippen molar-refractivity contribution in [1.82, 2.24) is 20.0 Å². The van der Waals surface area contributed by atoms with Crippen molar-refractivity contribution in [2.45, 2.75) is 6.42 Å².